The molecule has 2 heterocycles. The van der Waals surface area contributed by atoms with Gasteiger partial charge in [0.05, 0.1) is 16.9 Å². The number of sulfone groups is 1. The minimum atomic E-state index is -3.55. The van der Waals surface area contributed by atoms with E-state index in [-0.39, 0.29) is 23.3 Å². The van der Waals surface area contributed by atoms with E-state index < -0.39 is 27.9 Å². The molecular formula is C23H28F2N4O2S. The molecule has 9 heteroatoms. The summed E-state index contributed by atoms with van der Waals surface area (Å²) in [6.45, 7) is 0. The third-order valence-corrected chi connectivity index (χ3v) is 8.25. The van der Waals surface area contributed by atoms with Gasteiger partial charge in [-0.2, -0.15) is 0 Å². The van der Waals surface area contributed by atoms with Crippen LogP contribution in [-0.2, 0) is 15.8 Å². The molecule has 0 atom stereocenters. The van der Waals surface area contributed by atoms with E-state index in [2.05, 4.69) is 19.9 Å². The molecule has 0 bridgehead atoms. The van der Waals surface area contributed by atoms with Crippen molar-refractivity contribution in [3.8, 4) is 0 Å². The van der Waals surface area contributed by atoms with Gasteiger partial charge < -0.3 is 9.88 Å². The number of rotatable bonds is 8. The summed E-state index contributed by atoms with van der Waals surface area (Å²) < 4.78 is 53.9. The first-order valence-corrected chi connectivity index (χ1v) is 12.7. The molecule has 1 saturated carbocycles. The van der Waals surface area contributed by atoms with Crippen LogP contribution in [0.25, 0.3) is 11.0 Å². The number of aromatic nitrogens is 3. The normalized spacial score (nSPS) is 19.8. The molecule has 0 radical (unpaired) electrons. The first-order chi connectivity index (χ1) is 15.3. The first-order valence-electron chi connectivity index (χ1n) is 10.9. The molecule has 1 N–H and O–H groups in total. The molecule has 0 amide bonds. The summed E-state index contributed by atoms with van der Waals surface area (Å²) >= 11 is 0. The van der Waals surface area contributed by atoms with Crippen LogP contribution < -0.4 is 4.90 Å². The standard InChI is InChI=1S/C23H28F2N4O2S/c1-29(22-20-11-13-26-21(20)27-16-28-22)19-9-7-17(8-10-19)15-32(30,31)14-12-23(24,25)18-5-3-2-4-6-18/h2-6,11,13,16-17,19H,7-10,12,14-15H2,1H3,(H,26,27,28). The number of halogens is 2. The van der Waals surface area contributed by atoms with Gasteiger partial charge in [0.2, 0.25) is 0 Å². The Morgan fingerprint density at radius 1 is 1.09 bits per heavy atom. The lowest BCUT2D eigenvalue weighted by molar-refractivity contribution is -0.00748. The van der Waals surface area contributed by atoms with Crippen molar-refractivity contribution in [2.45, 2.75) is 44.1 Å². The Hall–Kier alpha value is -2.55. The van der Waals surface area contributed by atoms with Crippen LogP contribution in [-0.4, -0.2) is 48.0 Å². The van der Waals surface area contributed by atoms with Crippen molar-refractivity contribution in [1.82, 2.24) is 15.0 Å². The van der Waals surface area contributed by atoms with E-state index in [9.17, 15) is 17.2 Å². The van der Waals surface area contributed by atoms with Gasteiger partial charge in [0.15, 0.2) is 9.84 Å². The highest BCUT2D eigenvalue weighted by atomic mass is 32.2. The highest BCUT2D eigenvalue weighted by molar-refractivity contribution is 7.91. The first kappa shape index (κ1) is 22.6. The fourth-order valence-electron chi connectivity index (χ4n) is 4.56. The molecular weight excluding hydrogens is 434 g/mol. The minimum Gasteiger partial charge on any atom is -0.356 e. The van der Waals surface area contributed by atoms with Gasteiger partial charge in [0.1, 0.15) is 17.8 Å². The lowest BCUT2D eigenvalue weighted by Gasteiger charge is -2.35. The van der Waals surface area contributed by atoms with Crippen LogP contribution in [0.5, 0.6) is 0 Å². The molecule has 0 aliphatic heterocycles. The number of H-pyrrole nitrogens is 1. The number of anilines is 1. The third kappa shape index (κ3) is 5.09. The van der Waals surface area contributed by atoms with Crippen LogP contribution in [0.3, 0.4) is 0 Å². The fourth-order valence-corrected chi connectivity index (χ4v) is 6.35. The van der Waals surface area contributed by atoms with E-state index in [0.717, 1.165) is 42.5 Å². The van der Waals surface area contributed by atoms with Crippen LogP contribution >= 0.6 is 0 Å². The van der Waals surface area contributed by atoms with Crippen LogP contribution in [0, 0.1) is 5.92 Å². The van der Waals surface area contributed by atoms with Crippen molar-refractivity contribution in [2.24, 2.45) is 5.92 Å². The monoisotopic (exact) mass is 462 g/mol. The second-order valence-corrected chi connectivity index (χ2v) is 10.9. The van der Waals surface area contributed by atoms with Crippen LogP contribution in [0.1, 0.15) is 37.7 Å². The zero-order valence-electron chi connectivity index (χ0n) is 18.0. The van der Waals surface area contributed by atoms with Gasteiger partial charge >= 0.3 is 0 Å². The van der Waals surface area contributed by atoms with Crippen LogP contribution in [0.2, 0.25) is 0 Å². The van der Waals surface area contributed by atoms with Crippen molar-refractivity contribution in [3.63, 3.8) is 0 Å². The van der Waals surface area contributed by atoms with Gasteiger partial charge in [-0.15, -0.1) is 0 Å². The van der Waals surface area contributed by atoms with E-state index in [1.165, 1.54) is 30.6 Å². The summed E-state index contributed by atoms with van der Waals surface area (Å²) in [6, 6.07) is 9.61. The molecule has 1 fully saturated rings. The highest BCUT2D eigenvalue weighted by Gasteiger charge is 2.34. The maximum atomic E-state index is 14.4. The molecule has 4 rings (SSSR count). The Morgan fingerprint density at radius 3 is 2.53 bits per heavy atom. The van der Waals surface area contributed by atoms with Crippen molar-refractivity contribution in [3.05, 3.63) is 54.5 Å². The Labute approximate surface area is 187 Å². The molecule has 172 valence electrons. The van der Waals surface area contributed by atoms with E-state index >= 15 is 0 Å². The zero-order valence-corrected chi connectivity index (χ0v) is 18.9. The summed E-state index contributed by atoms with van der Waals surface area (Å²) in [5, 5.41) is 0.957. The predicted molar refractivity (Wildman–Crippen MR) is 122 cm³/mol. The molecule has 0 spiro atoms. The van der Waals surface area contributed by atoms with Crippen LogP contribution in [0.4, 0.5) is 14.6 Å². The Kier molecular flexibility index (Phi) is 6.46. The third-order valence-electron chi connectivity index (χ3n) is 6.44. The van der Waals surface area contributed by atoms with E-state index in [1.807, 2.05) is 19.3 Å². The van der Waals surface area contributed by atoms with Crippen molar-refractivity contribution in [1.29, 1.82) is 0 Å². The lowest BCUT2D eigenvalue weighted by Crippen LogP contribution is -2.37. The van der Waals surface area contributed by atoms with E-state index in [4.69, 9.17) is 0 Å². The Bertz CT molecular complexity index is 1140. The number of nitrogens with zero attached hydrogens (tertiary/aromatic N) is 3. The van der Waals surface area contributed by atoms with E-state index in [1.54, 1.807) is 6.07 Å². The van der Waals surface area contributed by atoms with Gasteiger partial charge in [-0.25, -0.2) is 27.2 Å². The van der Waals surface area contributed by atoms with Crippen molar-refractivity contribution < 1.29 is 17.2 Å². The van der Waals surface area contributed by atoms with Gasteiger partial charge in [0.25, 0.3) is 5.92 Å². The topological polar surface area (TPSA) is 79.0 Å². The van der Waals surface area contributed by atoms with Crippen molar-refractivity contribution in [2.75, 3.05) is 23.5 Å². The summed E-state index contributed by atoms with van der Waals surface area (Å²) in [7, 11) is -1.55. The maximum absolute atomic E-state index is 14.4. The molecule has 0 saturated heterocycles. The van der Waals surface area contributed by atoms with Gasteiger partial charge in [0, 0.05) is 31.3 Å². The lowest BCUT2D eigenvalue weighted by atomic mass is 9.86. The number of fused-ring (bicyclic) bond motifs is 1. The SMILES string of the molecule is CN(c1ncnc2[nH]ccc12)C1CCC(CS(=O)(=O)CCC(F)(F)c2ccccc2)CC1. The minimum absolute atomic E-state index is 0.00711. The fraction of sp³-hybridized carbons (Fsp3) is 0.478. The van der Waals surface area contributed by atoms with Crippen molar-refractivity contribution >= 4 is 26.7 Å². The molecule has 1 aliphatic rings. The maximum Gasteiger partial charge on any atom is 0.274 e. The number of aromatic amines is 1. The Morgan fingerprint density at radius 2 is 1.81 bits per heavy atom. The van der Waals surface area contributed by atoms with E-state index in [0.29, 0.717) is 0 Å². The number of alkyl halides is 2. The molecule has 1 aliphatic carbocycles. The average Bonchev–Trinajstić information content (AvgIpc) is 3.27. The highest BCUT2D eigenvalue weighted by Crippen LogP contribution is 2.34. The second-order valence-electron chi connectivity index (χ2n) is 8.66. The smallest absolute Gasteiger partial charge is 0.274 e. The quantitative estimate of drug-likeness (QED) is 0.531. The van der Waals surface area contributed by atoms with Gasteiger partial charge in [-0.3, -0.25) is 0 Å². The van der Waals surface area contributed by atoms with Crippen LogP contribution in [0.15, 0.2) is 48.9 Å². The number of benzene rings is 1. The summed E-state index contributed by atoms with van der Waals surface area (Å²) in [5.41, 5.74) is 0.647. The number of hydrogen-bond donors (Lipinski definition) is 1. The molecule has 2 aromatic heterocycles. The number of nitrogens with one attached hydrogen (secondary N) is 1. The summed E-state index contributed by atoms with van der Waals surface area (Å²) in [5.74, 6) is -2.80. The second kappa shape index (κ2) is 9.13. The number of hydrogen-bond acceptors (Lipinski definition) is 5. The predicted octanol–water partition coefficient (Wildman–Crippen LogP) is 4.55. The molecule has 0 unspecified atom stereocenters. The van der Waals surface area contributed by atoms with Gasteiger partial charge in [-0.05, 0) is 37.7 Å². The largest absolute Gasteiger partial charge is 0.356 e. The molecule has 32 heavy (non-hydrogen) atoms. The zero-order chi connectivity index (χ0) is 22.8. The van der Waals surface area contributed by atoms with Gasteiger partial charge in [-0.1, -0.05) is 30.3 Å². The molecule has 1 aromatic carbocycles. The molecule has 3 aromatic rings. The molecule has 6 nitrogen and oxygen atoms in total. The Balaban J connectivity index is 1.31. The summed E-state index contributed by atoms with van der Waals surface area (Å²) in [4.78, 5) is 13.9. The average molecular weight is 463 g/mol. The summed E-state index contributed by atoms with van der Waals surface area (Å²) in [6.07, 6.45) is 5.88.